The first-order chi connectivity index (χ1) is 7.95. The molecule has 17 heavy (non-hydrogen) atoms. The van der Waals surface area contributed by atoms with Gasteiger partial charge in [0.2, 0.25) is 0 Å². The van der Waals surface area contributed by atoms with Crippen LogP contribution in [0.5, 0.6) is 0 Å². The van der Waals surface area contributed by atoms with Crippen molar-refractivity contribution in [2.45, 2.75) is 19.9 Å². The van der Waals surface area contributed by atoms with Gasteiger partial charge in [0.05, 0.1) is 12.4 Å². The Morgan fingerprint density at radius 3 is 2.71 bits per heavy atom. The SMILES string of the molecule is CC(C)C(NC(=O)c1cn(C)cn1)C(N)=NO. The van der Waals surface area contributed by atoms with Gasteiger partial charge in [0.1, 0.15) is 5.69 Å². The van der Waals surface area contributed by atoms with Crippen LogP contribution in [-0.4, -0.2) is 32.5 Å². The Balaban J connectivity index is 2.78. The van der Waals surface area contributed by atoms with Gasteiger partial charge in [-0.25, -0.2) is 4.98 Å². The highest BCUT2D eigenvalue weighted by Gasteiger charge is 2.22. The van der Waals surface area contributed by atoms with E-state index < -0.39 is 6.04 Å². The quantitative estimate of drug-likeness (QED) is 0.296. The normalized spacial score (nSPS) is 13.8. The molecule has 0 aliphatic carbocycles. The van der Waals surface area contributed by atoms with Gasteiger partial charge in [-0.15, -0.1) is 0 Å². The summed E-state index contributed by atoms with van der Waals surface area (Å²) in [7, 11) is 1.77. The van der Waals surface area contributed by atoms with E-state index in [9.17, 15) is 4.79 Å². The second-order valence-corrected chi connectivity index (χ2v) is 4.14. The number of oxime groups is 1. The maximum Gasteiger partial charge on any atom is 0.272 e. The number of imidazole rings is 1. The molecule has 1 amide bonds. The number of amides is 1. The number of nitrogens with one attached hydrogen (secondary N) is 1. The standard InChI is InChI=1S/C10H17N5O2/c1-6(2)8(9(11)14-17)13-10(16)7-4-15(3)5-12-7/h4-6,8,17H,1-3H3,(H2,11,14)(H,13,16). The first-order valence-corrected chi connectivity index (χ1v) is 5.22. The van der Waals surface area contributed by atoms with Gasteiger partial charge in [0.25, 0.3) is 5.91 Å². The Morgan fingerprint density at radius 1 is 1.65 bits per heavy atom. The first-order valence-electron chi connectivity index (χ1n) is 5.22. The molecule has 0 saturated carbocycles. The maximum atomic E-state index is 11.8. The van der Waals surface area contributed by atoms with Gasteiger partial charge < -0.3 is 20.8 Å². The largest absolute Gasteiger partial charge is 0.409 e. The molecule has 7 heteroatoms. The number of aromatic nitrogens is 2. The van der Waals surface area contributed by atoms with Gasteiger partial charge in [-0.05, 0) is 5.92 Å². The summed E-state index contributed by atoms with van der Waals surface area (Å²) >= 11 is 0. The molecule has 0 bridgehead atoms. The van der Waals surface area contributed by atoms with Gasteiger partial charge >= 0.3 is 0 Å². The lowest BCUT2D eigenvalue weighted by Gasteiger charge is -2.20. The fourth-order valence-electron chi connectivity index (χ4n) is 1.39. The average Bonchev–Trinajstić information content (AvgIpc) is 2.71. The molecule has 1 aromatic rings. The lowest BCUT2D eigenvalue weighted by atomic mass is 10.0. The molecule has 1 aromatic heterocycles. The van der Waals surface area contributed by atoms with Crippen LogP contribution in [0.15, 0.2) is 17.7 Å². The van der Waals surface area contributed by atoms with E-state index in [1.807, 2.05) is 13.8 Å². The van der Waals surface area contributed by atoms with Gasteiger partial charge in [-0.2, -0.15) is 0 Å². The molecular weight excluding hydrogens is 222 g/mol. The molecule has 1 heterocycles. The Kier molecular flexibility index (Phi) is 4.08. The molecule has 0 fully saturated rings. The van der Waals surface area contributed by atoms with Crippen LogP contribution in [0.2, 0.25) is 0 Å². The number of nitrogens with two attached hydrogens (primary N) is 1. The Morgan fingerprint density at radius 2 is 2.29 bits per heavy atom. The molecule has 0 aliphatic rings. The predicted octanol–water partition coefficient (Wildman–Crippen LogP) is -0.0791. The highest BCUT2D eigenvalue weighted by Crippen LogP contribution is 2.03. The highest BCUT2D eigenvalue weighted by atomic mass is 16.4. The number of hydrogen-bond acceptors (Lipinski definition) is 4. The molecule has 1 unspecified atom stereocenters. The van der Waals surface area contributed by atoms with Crippen molar-refractivity contribution >= 4 is 11.7 Å². The highest BCUT2D eigenvalue weighted by molar-refractivity contribution is 5.96. The molecule has 0 saturated heterocycles. The van der Waals surface area contributed by atoms with Crippen LogP contribution in [0.3, 0.4) is 0 Å². The maximum absolute atomic E-state index is 11.8. The smallest absolute Gasteiger partial charge is 0.272 e. The van der Waals surface area contributed by atoms with Crippen molar-refractivity contribution in [1.82, 2.24) is 14.9 Å². The minimum absolute atomic E-state index is 0.0126. The summed E-state index contributed by atoms with van der Waals surface area (Å²) in [5.41, 5.74) is 5.80. The van der Waals surface area contributed by atoms with Crippen LogP contribution in [-0.2, 0) is 7.05 Å². The number of amidine groups is 1. The molecule has 94 valence electrons. The Bertz CT molecular complexity index is 424. The second kappa shape index (κ2) is 5.33. The van der Waals surface area contributed by atoms with Crippen molar-refractivity contribution in [3.05, 3.63) is 18.2 Å². The lowest BCUT2D eigenvalue weighted by Crippen LogP contribution is -2.47. The van der Waals surface area contributed by atoms with Crippen LogP contribution in [0, 0.1) is 5.92 Å². The van der Waals surface area contributed by atoms with Crippen molar-refractivity contribution in [1.29, 1.82) is 0 Å². The van der Waals surface area contributed by atoms with E-state index >= 15 is 0 Å². The van der Waals surface area contributed by atoms with E-state index in [4.69, 9.17) is 10.9 Å². The van der Waals surface area contributed by atoms with Gasteiger partial charge in [0, 0.05) is 13.2 Å². The van der Waals surface area contributed by atoms with E-state index in [0.29, 0.717) is 5.69 Å². The molecule has 1 rings (SSSR count). The van der Waals surface area contributed by atoms with Crippen LogP contribution < -0.4 is 11.1 Å². The zero-order valence-electron chi connectivity index (χ0n) is 10.1. The monoisotopic (exact) mass is 239 g/mol. The summed E-state index contributed by atoms with van der Waals surface area (Å²) in [5.74, 6) is -0.362. The fraction of sp³-hybridized carbons (Fsp3) is 0.500. The number of carbonyl (C=O) groups excluding carboxylic acids is 1. The minimum atomic E-state index is -0.519. The number of carbonyl (C=O) groups is 1. The van der Waals surface area contributed by atoms with Gasteiger partial charge in [-0.3, -0.25) is 4.79 Å². The molecular formula is C10H17N5O2. The molecule has 0 spiro atoms. The van der Waals surface area contributed by atoms with Crippen molar-refractivity contribution in [3.8, 4) is 0 Å². The number of nitrogens with zero attached hydrogens (tertiary/aromatic N) is 3. The molecule has 0 radical (unpaired) electrons. The van der Waals surface area contributed by atoms with Crippen LogP contribution >= 0.6 is 0 Å². The summed E-state index contributed by atoms with van der Waals surface area (Å²) in [6, 6.07) is -0.519. The summed E-state index contributed by atoms with van der Waals surface area (Å²) < 4.78 is 1.67. The Hall–Kier alpha value is -2.05. The molecule has 1 atom stereocenters. The minimum Gasteiger partial charge on any atom is -0.409 e. The number of aryl methyl sites for hydroxylation is 1. The van der Waals surface area contributed by atoms with Crippen molar-refractivity contribution in [2.24, 2.45) is 23.9 Å². The first kappa shape index (κ1) is 13.0. The summed E-state index contributed by atoms with van der Waals surface area (Å²) in [4.78, 5) is 15.7. The Labute approximate surface area is 99.3 Å². The molecule has 0 aliphatic heterocycles. The molecule has 0 aromatic carbocycles. The van der Waals surface area contributed by atoms with E-state index in [0.717, 1.165) is 0 Å². The average molecular weight is 239 g/mol. The third-order valence-corrected chi connectivity index (χ3v) is 2.32. The van der Waals surface area contributed by atoms with Crippen LogP contribution in [0.1, 0.15) is 24.3 Å². The van der Waals surface area contributed by atoms with E-state index in [1.54, 1.807) is 17.8 Å². The van der Waals surface area contributed by atoms with Crippen LogP contribution in [0.4, 0.5) is 0 Å². The lowest BCUT2D eigenvalue weighted by molar-refractivity contribution is 0.0934. The number of rotatable bonds is 4. The van der Waals surface area contributed by atoms with Crippen molar-refractivity contribution in [2.75, 3.05) is 0 Å². The van der Waals surface area contributed by atoms with Crippen molar-refractivity contribution < 1.29 is 10.0 Å². The molecule has 4 N–H and O–H groups in total. The van der Waals surface area contributed by atoms with E-state index in [1.165, 1.54) is 6.33 Å². The number of hydrogen-bond donors (Lipinski definition) is 3. The summed E-state index contributed by atoms with van der Waals surface area (Å²) in [6.07, 6.45) is 3.13. The third-order valence-electron chi connectivity index (χ3n) is 2.32. The summed E-state index contributed by atoms with van der Waals surface area (Å²) in [5, 5.41) is 14.2. The zero-order valence-corrected chi connectivity index (χ0v) is 10.1. The molecule has 7 nitrogen and oxygen atoms in total. The third kappa shape index (κ3) is 3.20. The van der Waals surface area contributed by atoms with Gasteiger partial charge in [0.15, 0.2) is 5.84 Å². The van der Waals surface area contributed by atoms with E-state index in [-0.39, 0.29) is 17.7 Å². The second-order valence-electron chi connectivity index (χ2n) is 4.14. The predicted molar refractivity (Wildman–Crippen MR) is 62.7 cm³/mol. The van der Waals surface area contributed by atoms with Gasteiger partial charge in [-0.1, -0.05) is 19.0 Å². The zero-order chi connectivity index (χ0) is 13.0. The van der Waals surface area contributed by atoms with Crippen LogP contribution in [0.25, 0.3) is 0 Å². The van der Waals surface area contributed by atoms with E-state index in [2.05, 4.69) is 15.5 Å². The van der Waals surface area contributed by atoms with Crippen molar-refractivity contribution in [3.63, 3.8) is 0 Å². The topological polar surface area (TPSA) is 106 Å². The summed E-state index contributed by atoms with van der Waals surface area (Å²) in [6.45, 7) is 3.73. The fourth-order valence-corrected chi connectivity index (χ4v) is 1.39.